The fourth-order valence-electron chi connectivity index (χ4n) is 1.55. The smallest absolute Gasteiger partial charge is 0.407 e. The molecule has 0 aromatic carbocycles. The van der Waals surface area contributed by atoms with Gasteiger partial charge in [-0.25, -0.2) is 9.59 Å². The third kappa shape index (κ3) is 8.42. The predicted octanol–water partition coefficient (Wildman–Crippen LogP) is 1.91. The van der Waals surface area contributed by atoms with Crippen molar-refractivity contribution in [3.63, 3.8) is 0 Å². The van der Waals surface area contributed by atoms with E-state index in [0.717, 1.165) is 19.3 Å². The Bertz CT molecular complexity index is 298. The number of rotatable bonds is 7. The molecule has 0 heterocycles. The van der Waals surface area contributed by atoms with E-state index in [1.54, 1.807) is 20.8 Å². The quantitative estimate of drug-likeness (QED) is 0.617. The second-order valence-corrected chi connectivity index (χ2v) is 5.53. The minimum Gasteiger partial charge on any atom is -0.479 e. The van der Waals surface area contributed by atoms with Crippen LogP contribution in [-0.2, 0) is 9.53 Å². The van der Waals surface area contributed by atoms with Crippen LogP contribution in [0.1, 0.15) is 53.4 Å². The first-order valence-electron chi connectivity index (χ1n) is 6.57. The van der Waals surface area contributed by atoms with Crippen molar-refractivity contribution in [3.05, 3.63) is 0 Å². The normalized spacial score (nSPS) is 14.6. The molecule has 0 bridgehead atoms. The Morgan fingerprint density at radius 2 is 1.84 bits per heavy atom. The van der Waals surface area contributed by atoms with E-state index in [9.17, 15) is 14.7 Å². The first kappa shape index (κ1) is 17.7. The first-order valence-corrected chi connectivity index (χ1v) is 6.57. The Kier molecular flexibility index (Phi) is 7.44. The molecular formula is C13H25NO5. The van der Waals surface area contributed by atoms with Crippen LogP contribution in [-0.4, -0.2) is 40.0 Å². The number of ether oxygens (including phenoxy) is 1. The molecule has 0 aromatic heterocycles. The van der Waals surface area contributed by atoms with Gasteiger partial charge in [0.15, 0.2) is 6.10 Å². The van der Waals surface area contributed by atoms with E-state index in [4.69, 9.17) is 9.84 Å². The summed E-state index contributed by atoms with van der Waals surface area (Å²) in [6.45, 7) is 7.16. The number of alkyl carbamates (subject to hydrolysis) is 1. The summed E-state index contributed by atoms with van der Waals surface area (Å²) in [7, 11) is 0. The van der Waals surface area contributed by atoms with Crippen LogP contribution < -0.4 is 5.32 Å². The van der Waals surface area contributed by atoms with Crippen LogP contribution in [0.2, 0.25) is 0 Å². The summed E-state index contributed by atoms with van der Waals surface area (Å²) in [6.07, 6.45) is 0.696. The summed E-state index contributed by atoms with van der Waals surface area (Å²) in [5.74, 6) is -1.35. The monoisotopic (exact) mass is 275 g/mol. The summed E-state index contributed by atoms with van der Waals surface area (Å²) in [5.41, 5.74) is -0.660. The molecule has 1 unspecified atom stereocenters. The second-order valence-electron chi connectivity index (χ2n) is 5.53. The third-order valence-corrected chi connectivity index (χ3v) is 2.45. The maximum atomic E-state index is 11.6. The molecule has 2 atom stereocenters. The maximum absolute atomic E-state index is 11.6. The highest BCUT2D eigenvalue weighted by atomic mass is 16.6. The summed E-state index contributed by atoms with van der Waals surface area (Å²) in [6, 6.07) is -0.834. The number of hydrogen-bond acceptors (Lipinski definition) is 4. The fraction of sp³-hybridized carbons (Fsp3) is 0.846. The van der Waals surface area contributed by atoms with Gasteiger partial charge >= 0.3 is 12.1 Å². The molecule has 0 aliphatic carbocycles. The molecular weight excluding hydrogens is 250 g/mol. The minimum atomic E-state index is -1.62. The van der Waals surface area contributed by atoms with E-state index >= 15 is 0 Å². The predicted molar refractivity (Wildman–Crippen MR) is 70.9 cm³/mol. The van der Waals surface area contributed by atoms with Gasteiger partial charge in [-0.15, -0.1) is 0 Å². The van der Waals surface area contributed by atoms with Crippen LogP contribution in [0.25, 0.3) is 0 Å². The van der Waals surface area contributed by atoms with E-state index in [-0.39, 0.29) is 0 Å². The number of aliphatic hydroxyl groups is 1. The van der Waals surface area contributed by atoms with Gasteiger partial charge in [0.25, 0.3) is 0 Å². The average Bonchev–Trinajstić information content (AvgIpc) is 2.24. The van der Waals surface area contributed by atoms with Crippen LogP contribution in [0.15, 0.2) is 0 Å². The fourth-order valence-corrected chi connectivity index (χ4v) is 1.55. The van der Waals surface area contributed by atoms with E-state index in [0.29, 0.717) is 6.42 Å². The number of carbonyl (C=O) groups is 2. The number of carbonyl (C=O) groups excluding carboxylic acids is 1. The Labute approximate surface area is 114 Å². The van der Waals surface area contributed by atoms with E-state index in [1.165, 1.54) is 0 Å². The lowest BCUT2D eigenvalue weighted by Crippen LogP contribution is -2.48. The number of unbranched alkanes of at least 4 members (excludes halogenated alkanes) is 2. The minimum absolute atomic E-state index is 0.403. The van der Waals surface area contributed by atoms with Gasteiger partial charge in [-0.3, -0.25) is 0 Å². The second kappa shape index (κ2) is 7.99. The number of aliphatic carboxylic acids is 1. The zero-order chi connectivity index (χ0) is 15.1. The summed E-state index contributed by atoms with van der Waals surface area (Å²) >= 11 is 0. The lowest BCUT2D eigenvalue weighted by Gasteiger charge is -2.25. The number of carboxylic acid groups (broad SMARTS) is 1. The summed E-state index contributed by atoms with van der Waals surface area (Å²) < 4.78 is 5.05. The van der Waals surface area contributed by atoms with Crippen LogP contribution in [0, 0.1) is 0 Å². The molecule has 0 aliphatic heterocycles. The summed E-state index contributed by atoms with van der Waals surface area (Å²) in [5, 5.41) is 20.8. The Balaban J connectivity index is 4.48. The highest BCUT2D eigenvalue weighted by Crippen LogP contribution is 2.11. The van der Waals surface area contributed by atoms with Crippen molar-refractivity contribution in [3.8, 4) is 0 Å². The van der Waals surface area contributed by atoms with Gasteiger partial charge in [0.2, 0.25) is 0 Å². The standard InChI is InChI=1S/C13H25NO5/c1-5-6-7-8-9(10(15)11(16)17)14-12(18)19-13(2,3)4/h9-10,15H,5-8H2,1-4H3,(H,14,18)(H,16,17)/t9-,10?/m0/s1. The number of hydrogen-bond donors (Lipinski definition) is 3. The molecule has 3 N–H and O–H groups in total. The highest BCUT2D eigenvalue weighted by Gasteiger charge is 2.28. The molecule has 112 valence electrons. The molecule has 0 saturated heterocycles. The van der Waals surface area contributed by atoms with Crippen LogP contribution in [0.3, 0.4) is 0 Å². The number of nitrogens with one attached hydrogen (secondary N) is 1. The van der Waals surface area contributed by atoms with E-state index in [2.05, 4.69) is 5.32 Å². The van der Waals surface area contributed by atoms with Gasteiger partial charge in [-0.1, -0.05) is 26.2 Å². The Hall–Kier alpha value is -1.30. The first-order chi connectivity index (χ1) is 8.67. The van der Waals surface area contributed by atoms with Crippen LogP contribution >= 0.6 is 0 Å². The van der Waals surface area contributed by atoms with E-state index in [1.807, 2.05) is 6.92 Å². The molecule has 6 heteroatoms. The maximum Gasteiger partial charge on any atom is 0.407 e. The lowest BCUT2D eigenvalue weighted by atomic mass is 10.0. The van der Waals surface area contributed by atoms with Crippen molar-refractivity contribution >= 4 is 12.1 Å². The molecule has 6 nitrogen and oxygen atoms in total. The molecule has 19 heavy (non-hydrogen) atoms. The largest absolute Gasteiger partial charge is 0.479 e. The van der Waals surface area contributed by atoms with Gasteiger partial charge in [0.1, 0.15) is 5.60 Å². The lowest BCUT2D eigenvalue weighted by molar-refractivity contribution is -0.148. The molecule has 0 spiro atoms. The molecule has 1 amide bonds. The molecule has 0 radical (unpaired) electrons. The summed E-state index contributed by atoms with van der Waals surface area (Å²) in [4.78, 5) is 22.4. The van der Waals surface area contributed by atoms with Crippen molar-refractivity contribution in [1.29, 1.82) is 0 Å². The van der Waals surface area contributed by atoms with Crippen LogP contribution in [0.4, 0.5) is 4.79 Å². The zero-order valence-electron chi connectivity index (χ0n) is 12.1. The van der Waals surface area contributed by atoms with Gasteiger partial charge in [-0.05, 0) is 27.2 Å². The zero-order valence-corrected chi connectivity index (χ0v) is 12.1. The molecule has 0 fully saturated rings. The average molecular weight is 275 g/mol. The van der Waals surface area contributed by atoms with Crippen molar-refractivity contribution in [2.24, 2.45) is 0 Å². The number of amides is 1. The van der Waals surface area contributed by atoms with Gasteiger partial charge in [0, 0.05) is 0 Å². The van der Waals surface area contributed by atoms with E-state index < -0.39 is 29.8 Å². The van der Waals surface area contributed by atoms with Crippen molar-refractivity contribution in [2.75, 3.05) is 0 Å². The third-order valence-electron chi connectivity index (χ3n) is 2.45. The van der Waals surface area contributed by atoms with Crippen molar-refractivity contribution in [2.45, 2.75) is 71.1 Å². The van der Waals surface area contributed by atoms with Crippen molar-refractivity contribution in [1.82, 2.24) is 5.32 Å². The molecule has 0 aliphatic rings. The van der Waals surface area contributed by atoms with Crippen molar-refractivity contribution < 1.29 is 24.5 Å². The SMILES string of the molecule is CCCCC[C@H](NC(=O)OC(C)(C)C)C(O)C(=O)O. The number of aliphatic hydroxyl groups excluding tert-OH is 1. The molecule has 0 rings (SSSR count). The highest BCUT2D eigenvalue weighted by molar-refractivity contribution is 5.75. The Morgan fingerprint density at radius 1 is 1.26 bits per heavy atom. The van der Waals surface area contributed by atoms with Gasteiger partial charge in [-0.2, -0.15) is 0 Å². The molecule has 0 saturated carbocycles. The topological polar surface area (TPSA) is 95.9 Å². The number of carboxylic acids is 1. The van der Waals surface area contributed by atoms with Gasteiger partial charge < -0.3 is 20.3 Å². The van der Waals surface area contributed by atoms with Crippen LogP contribution in [0.5, 0.6) is 0 Å². The molecule has 0 aromatic rings. The Morgan fingerprint density at radius 3 is 2.26 bits per heavy atom. The van der Waals surface area contributed by atoms with Gasteiger partial charge in [0.05, 0.1) is 6.04 Å².